The zero-order chi connectivity index (χ0) is 12.6. The summed E-state index contributed by atoms with van der Waals surface area (Å²) in [6.45, 7) is 0. The van der Waals surface area contributed by atoms with Gasteiger partial charge in [0, 0.05) is 4.70 Å². The van der Waals surface area contributed by atoms with Gasteiger partial charge in [-0.25, -0.2) is 4.79 Å². The highest BCUT2D eigenvalue weighted by Gasteiger charge is 2.33. The van der Waals surface area contributed by atoms with Gasteiger partial charge in [0.15, 0.2) is 0 Å². The Bertz CT molecular complexity index is 572. The summed E-state index contributed by atoms with van der Waals surface area (Å²) in [4.78, 5) is 10.7. The van der Waals surface area contributed by atoms with Gasteiger partial charge in [-0.3, -0.25) is 0 Å². The summed E-state index contributed by atoms with van der Waals surface area (Å²) in [7, 11) is 1.19. The molecule has 2 rings (SSSR count). The van der Waals surface area contributed by atoms with Crippen LogP contribution in [0.2, 0.25) is 0 Å². The molecule has 2 aromatic rings. The molecular weight excluding hydrogens is 253 g/mol. The molecule has 6 heteroatoms. The maximum absolute atomic E-state index is 12.5. The monoisotopic (exact) mass is 260 g/mol. The van der Waals surface area contributed by atoms with Gasteiger partial charge in [-0.1, -0.05) is 12.1 Å². The predicted octanol–water partition coefficient (Wildman–Crippen LogP) is 3.71. The summed E-state index contributed by atoms with van der Waals surface area (Å²) in [6.07, 6.45) is -4.39. The fraction of sp³-hybridized carbons (Fsp3) is 0.182. The van der Waals surface area contributed by atoms with Gasteiger partial charge in [0.2, 0.25) is 0 Å². The Labute approximate surface area is 98.6 Å². The Morgan fingerprint density at radius 1 is 1.35 bits per heavy atom. The molecule has 1 aromatic heterocycles. The molecule has 90 valence electrons. The van der Waals surface area contributed by atoms with Crippen LogP contribution in [0.25, 0.3) is 10.1 Å². The first kappa shape index (κ1) is 11.9. The van der Waals surface area contributed by atoms with Gasteiger partial charge < -0.3 is 4.74 Å². The van der Waals surface area contributed by atoms with Gasteiger partial charge in [0.1, 0.15) is 4.88 Å². The smallest absolute Gasteiger partial charge is 0.425 e. The van der Waals surface area contributed by atoms with Gasteiger partial charge in [0.05, 0.1) is 12.7 Å². The lowest BCUT2D eigenvalue weighted by atomic mass is 10.1. The second-order valence-corrected chi connectivity index (χ2v) is 4.38. The molecule has 0 bridgehead atoms. The van der Waals surface area contributed by atoms with E-state index in [2.05, 4.69) is 4.74 Å². The highest BCUT2D eigenvalue weighted by atomic mass is 32.1. The molecule has 0 saturated carbocycles. The number of carbonyl (C=O) groups is 1. The van der Waals surface area contributed by atoms with Crippen molar-refractivity contribution in [3.8, 4) is 0 Å². The maximum atomic E-state index is 12.5. The summed E-state index contributed by atoms with van der Waals surface area (Å²) in [5.41, 5.74) is 0.158. The maximum Gasteiger partial charge on any atom is 0.425 e. The van der Waals surface area contributed by atoms with Gasteiger partial charge >= 0.3 is 12.1 Å². The first-order chi connectivity index (χ1) is 7.93. The van der Waals surface area contributed by atoms with E-state index < -0.39 is 17.0 Å². The van der Waals surface area contributed by atoms with Crippen LogP contribution >= 0.6 is 11.3 Å². The van der Waals surface area contributed by atoms with E-state index in [4.69, 9.17) is 0 Å². The van der Waals surface area contributed by atoms with Crippen molar-refractivity contribution in [2.45, 2.75) is 6.18 Å². The molecule has 0 N–H and O–H groups in total. The lowest BCUT2D eigenvalue weighted by molar-refractivity contribution is -0.134. The average molecular weight is 260 g/mol. The van der Waals surface area contributed by atoms with E-state index in [1.54, 1.807) is 0 Å². The van der Waals surface area contributed by atoms with E-state index in [1.165, 1.54) is 25.3 Å². The topological polar surface area (TPSA) is 26.3 Å². The molecule has 0 amide bonds. The number of methoxy groups -OCH3 is 1. The van der Waals surface area contributed by atoms with Crippen molar-refractivity contribution < 1.29 is 22.7 Å². The molecule has 0 saturated heterocycles. The molecule has 0 unspecified atom stereocenters. The molecule has 0 spiro atoms. The van der Waals surface area contributed by atoms with Crippen LogP contribution in [0.15, 0.2) is 24.3 Å². The Morgan fingerprint density at radius 3 is 2.65 bits per heavy atom. The minimum absolute atomic E-state index is 0.158. The molecule has 2 nitrogen and oxygen atoms in total. The minimum Gasteiger partial charge on any atom is -0.465 e. The van der Waals surface area contributed by atoms with Crippen molar-refractivity contribution in [1.82, 2.24) is 0 Å². The third-order valence-corrected chi connectivity index (χ3v) is 3.46. The summed E-state index contributed by atoms with van der Waals surface area (Å²) < 4.78 is 42.4. The summed E-state index contributed by atoms with van der Waals surface area (Å²) in [5.74, 6) is -0.633. The van der Waals surface area contributed by atoms with Crippen LogP contribution in [0.4, 0.5) is 13.2 Å². The summed E-state index contributed by atoms with van der Waals surface area (Å²) in [5, 5.41) is 0.394. The largest absolute Gasteiger partial charge is 0.465 e. The van der Waals surface area contributed by atoms with Crippen molar-refractivity contribution in [1.29, 1.82) is 0 Å². The van der Waals surface area contributed by atoms with Gasteiger partial charge in [-0.2, -0.15) is 13.2 Å². The quantitative estimate of drug-likeness (QED) is 0.731. The molecule has 0 radical (unpaired) electrons. The van der Waals surface area contributed by atoms with E-state index in [9.17, 15) is 18.0 Å². The molecule has 1 aromatic carbocycles. The van der Waals surface area contributed by atoms with Gasteiger partial charge in [-0.05, 0) is 17.5 Å². The van der Waals surface area contributed by atoms with Crippen LogP contribution in [-0.4, -0.2) is 13.1 Å². The van der Waals surface area contributed by atoms with E-state index in [1.807, 2.05) is 0 Å². The molecule has 0 atom stereocenters. The highest BCUT2D eigenvalue weighted by Crippen LogP contribution is 2.39. The molecule has 1 heterocycles. The third-order valence-electron chi connectivity index (χ3n) is 2.23. The van der Waals surface area contributed by atoms with Crippen molar-refractivity contribution in [3.63, 3.8) is 0 Å². The second-order valence-electron chi connectivity index (χ2n) is 3.32. The van der Waals surface area contributed by atoms with Crippen molar-refractivity contribution in [3.05, 3.63) is 34.7 Å². The minimum atomic E-state index is -4.39. The van der Waals surface area contributed by atoms with Crippen LogP contribution < -0.4 is 0 Å². The molecule has 0 aliphatic carbocycles. The Balaban J connectivity index is 2.65. The van der Waals surface area contributed by atoms with E-state index >= 15 is 0 Å². The number of ether oxygens (including phenoxy) is 1. The average Bonchev–Trinajstić information content (AvgIpc) is 2.71. The zero-order valence-electron chi connectivity index (χ0n) is 8.67. The number of thiophene rings is 1. The number of carbonyl (C=O) groups excluding carboxylic acids is 1. The Morgan fingerprint density at radius 2 is 2.06 bits per heavy atom. The third kappa shape index (κ3) is 2.12. The number of alkyl halides is 3. The number of fused-ring (bicyclic) bond motifs is 1. The van der Waals surface area contributed by atoms with Gasteiger partial charge in [-0.15, -0.1) is 11.3 Å². The SMILES string of the molecule is COC(=O)c1cccc2cc(C(F)(F)F)sc12. The lowest BCUT2D eigenvalue weighted by Gasteiger charge is -2.00. The fourth-order valence-electron chi connectivity index (χ4n) is 1.47. The summed E-state index contributed by atoms with van der Waals surface area (Å²) in [6, 6.07) is 5.55. The molecule has 0 aliphatic rings. The van der Waals surface area contributed by atoms with Crippen LogP contribution in [0.1, 0.15) is 15.2 Å². The molecule has 17 heavy (non-hydrogen) atoms. The molecular formula is C11H7F3O2S. The number of rotatable bonds is 1. The number of halogens is 3. The number of esters is 1. The van der Waals surface area contributed by atoms with E-state index in [0.29, 0.717) is 21.4 Å². The van der Waals surface area contributed by atoms with E-state index in [-0.39, 0.29) is 5.56 Å². The zero-order valence-corrected chi connectivity index (χ0v) is 9.48. The molecule has 0 aliphatic heterocycles. The van der Waals surface area contributed by atoms with Crippen molar-refractivity contribution in [2.75, 3.05) is 7.11 Å². The Kier molecular flexibility index (Phi) is 2.82. The Hall–Kier alpha value is -1.56. The standard InChI is InChI=1S/C11H7F3O2S/c1-16-10(15)7-4-2-3-6-5-8(11(12,13)14)17-9(6)7/h2-5H,1H3. The predicted molar refractivity (Wildman–Crippen MR) is 58.2 cm³/mol. The van der Waals surface area contributed by atoms with Crippen LogP contribution in [0.3, 0.4) is 0 Å². The highest BCUT2D eigenvalue weighted by molar-refractivity contribution is 7.19. The normalized spacial score (nSPS) is 11.8. The fourth-order valence-corrected chi connectivity index (χ4v) is 2.50. The van der Waals surface area contributed by atoms with E-state index in [0.717, 1.165) is 6.07 Å². The number of benzene rings is 1. The lowest BCUT2D eigenvalue weighted by Crippen LogP contribution is -2.01. The first-order valence-corrected chi connectivity index (χ1v) is 5.43. The first-order valence-electron chi connectivity index (χ1n) is 4.61. The number of hydrogen-bond donors (Lipinski definition) is 0. The second kappa shape index (κ2) is 4.03. The molecule has 0 fully saturated rings. The van der Waals surface area contributed by atoms with Crippen LogP contribution in [-0.2, 0) is 10.9 Å². The number of hydrogen-bond acceptors (Lipinski definition) is 3. The van der Waals surface area contributed by atoms with Crippen molar-refractivity contribution in [2.24, 2.45) is 0 Å². The van der Waals surface area contributed by atoms with Crippen LogP contribution in [0, 0.1) is 0 Å². The summed E-state index contributed by atoms with van der Waals surface area (Å²) >= 11 is 0.549. The van der Waals surface area contributed by atoms with Crippen molar-refractivity contribution >= 4 is 27.4 Å². The van der Waals surface area contributed by atoms with Gasteiger partial charge in [0.25, 0.3) is 0 Å². The van der Waals surface area contributed by atoms with Crippen LogP contribution in [0.5, 0.6) is 0 Å².